The zero-order valence-electron chi connectivity index (χ0n) is 11.5. The van der Waals surface area contributed by atoms with Crippen LogP contribution >= 0.6 is 0 Å². The number of hydrogen-bond donors (Lipinski definition) is 0. The van der Waals surface area contributed by atoms with E-state index in [4.69, 9.17) is 0 Å². The lowest BCUT2D eigenvalue weighted by molar-refractivity contribution is -0.117. The van der Waals surface area contributed by atoms with Crippen molar-refractivity contribution in [3.8, 4) is 0 Å². The summed E-state index contributed by atoms with van der Waals surface area (Å²) < 4.78 is 25.5. The Morgan fingerprint density at radius 2 is 0.955 bits per heavy atom. The van der Waals surface area contributed by atoms with Gasteiger partial charge in [-0.2, -0.15) is 0 Å². The Morgan fingerprint density at radius 1 is 0.636 bits per heavy atom. The first-order valence-corrected chi connectivity index (χ1v) is 6.55. The second-order valence-corrected chi connectivity index (χ2v) is 4.75. The normalized spacial score (nSPS) is 10.3. The maximum Gasteiger partial charge on any atom is 0.170 e. The summed E-state index contributed by atoms with van der Waals surface area (Å²) in [7, 11) is 0. The van der Waals surface area contributed by atoms with Crippen LogP contribution in [0.1, 0.15) is 33.6 Å². The predicted octanol–water partition coefficient (Wildman–Crippen LogP) is 3.38. The SMILES string of the molecule is O=C(CC(=O)c1ccc(F)cc1)CC(=O)c1ccc(F)cc1. The highest BCUT2D eigenvalue weighted by Gasteiger charge is 2.16. The van der Waals surface area contributed by atoms with Gasteiger partial charge in [-0.25, -0.2) is 8.78 Å². The first-order chi connectivity index (χ1) is 10.5. The van der Waals surface area contributed by atoms with E-state index in [1.54, 1.807) is 0 Å². The molecule has 0 aliphatic heterocycles. The van der Waals surface area contributed by atoms with Gasteiger partial charge in [0.25, 0.3) is 0 Å². The number of rotatable bonds is 6. The summed E-state index contributed by atoms with van der Waals surface area (Å²) in [5, 5.41) is 0. The first kappa shape index (κ1) is 15.7. The van der Waals surface area contributed by atoms with Crippen LogP contribution < -0.4 is 0 Å². The number of ketones is 3. The van der Waals surface area contributed by atoms with Crippen molar-refractivity contribution in [1.29, 1.82) is 0 Å². The summed E-state index contributed by atoms with van der Waals surface area (Å²) in [5.41, 5.74) is 0.424. The molecule has 0 radical (unpaired) electrons. The van der Waals surface area contributed by atoms with Crippen molar-refractivity contribution >= 4 is 17.3 Å². The van der Waals surface area contributed by atoms with Gasteiger partial charge in [-0.1, -0.05) is 0 Å². The Kier molecular flexibility index (Phi) is 4.88. The largest absolute Gasteiger partial charge is 0.299 e. The number of carbonyl (C=O) groups excluding carboxylic acids is 3. The van der Waals surface area contributed by atoms with Crippen LogP contribution in [0.3, 0.4) is 0 Å². The fraction of sp³-hybridized carbons (Fsp3) is 0.118. The van der Waals surface area contributed by atoms with Gasteiger partial charge in [0.1, 0.15) is 17.4 Å². The highest BCUT2D eigenvalue weighted by atomic mass is 19.1. The Morgan fingerprint density at radius 3 is 1.27 bits per heavy atom. The monoisotopic (exact) mass is 302 g/mol. The topological polar surface area (TPSA) is 51.2 Å². The summed E-state index contributed by atoms with van der Waals surface area (Å²) in [6.07, 6.45) is -0.864. The second-order valence-electron chi connectivity index (χ2n) is 4.75. The molecule has 0 aromatic heterocycles. The van der Waals surface area contributed by atoms with E-state index in [1.165, 1.54) is 24.3 Å². The number of benzene rings is 2. The zero-order valence-corrected chi connectivity index (χ0v) is 11.5. The van der Waals surface area contributed by atoms with Gasteiger partial charge in [-0.15, -0.1) is 0 Å². The molecule has 0 saturated carbocycles. The van der Waals surface area contributed by atoms with Crippen LogP contribution in [-0.2, 0) is 4.79 Å². The molecule has 3 nitrogen and oxygen atoms in total. The molecule has 0 bridgehead atoms. The number of carbonyl (C=O) groups is 3. The van der Waals surface area contributed by atoms with Gasteiger partial charge in [-0.05, 0) is 48.5 Å². The van der Waals surface area contributed by atoms with E-state index in [-0.39, 0.29) is 11.1 Å². The molecule has 0 fully saturated rings. The molecule has 22 heavy (non-hydrogen) atoms. The van der Waals surface area contributed by atoms with Gasteiger partial charge in [0.2, 0.25) is 0 Å². The Balaban J connectivity index is 1.95. The first-order valence-electron chi connectivity index (χ1n) is 6.55. The lowest BCUT2D eigenvalue weighted by Gasteiger charge is -2.02. The maximum atomic E-state index is 12.8. The zero-order chi connectivity index (χ0) is 16.1. The van der Waals surface area contributed by atoms with Crippen molar-refractivity contribution in [1.82, 2.24) is 0 Å². The van der Waals surface area contributed by atoms with Gasteiger partial charge in [0, 0.05) is 11.1 Å². The van der Waals surface area contributed by atoms with E-state index in [0.717, 1.165) is 24.3 Å². The number of hydrogen-bond acceptors (Lipinski definition) is 3. The van der Waals surface area contributed by atoms with E-state index in [9.17, 15) is 23.2 Å². The molecule has 2 rings (SSSR count). The molecule has 0 atom stereocenters. The molecule has 0 saturated heterocycles. The van der Waals surface area contributed by atoms with Crippen LogP contribution in [0.25, 0.3) is 0 Å². The lowest BCUT2D eigenvalue weighted by Crippen LogP contribution is -2.13. The summed E-state index contributed by atoms with van der Waals surface area (Å²) in [6, 6.07) is 9.64. The van der Waals surface area contributed by atoms with Crippen molar-refractivity contribution in [2.75, 3.05) is 0 Å². The molecular weight excluding hydrogens is 290 g/mol. The van der Waals surface area contributed by atoms with Crippen molar-refractivity contribution < 1.29 is 23.2 Å². The molecule has 0 aliphatic rings. The molecule has 112 valence electrons. The van der Waals surface area contributed by atoms with Gasteiger partial charge in [0.05, 0.1) is 12.8 Å². The fourth-order valence-electron chi connectivity index (χ4n) is 1.90. The molecule has 5 heteroatoms. The van der Waals surface area contributed by atoms with Crippen LogP contribution in [0, 0.1) is 11.6 Å². The van der Waals surface area contributed by atoms with E-state index >= 15 is 0 Å². The standard InChI is InChI=1S/C17H12F2O3/c18-13-5-1-11(2-6-13)16(21)9-15(20)10-17(22)12-3-7-14(19)8-4-12/h1-8H,9-10H2. The Bertz CT molecular complexity index is 642. The fourth-order valence-corrected chi connectivity index (χ4v) is 1.90. The minimum atomic E-state index is -0.538. The third-order valence-electron chi connectivity index (χ3n) is 3.05. The predicted molar refractivity (Wildman–Crippen MR) is 75.7 cm³/mol. The summed E-state index contributed by atoms with van der Waals surface area (Å²) >= 11 is 0. The Labute approximate surface area is 125 Å². The minimum absolute atomic E-state index is 0.212. The molecule has 0 unspecified atom stereocenters. The van der Waals surface area contributed by atoms with Crippen molar-refractivity contribution in [2.45, 2.75) is 12.8 Å². The average Bonchev–Trinajstić information content (AvgIpc) is 2.48. The van der Waals surface area contributed by atoms with Crippen molar-refractivity contribution in [3.63, 3.8) is 0 Å². The molecule has 0 spiro atoms. The summed E-state index contributed by atoms with van der Waals surface area (Å²) in [6.45, 7) is 0. The van der Waals surface area contributed by atoms with E-state index in [0.29, 0.717) is 0 Å². The van der Waals surface area contributed by atoms with Crippen LogP contribution in [0.4, 0.5) is 8.78 Å². The highest BCUT2D eigenvalue weighted by molar-refractivity contribution is 6.15. The van der Waals surface area contributed by atoms with E-state index in [1.807, 2.05) is 0 Å². The molecule has 2 aromatic carbocycles. The maximum absolute atomic E-state index is 12.8. The molecule has 0 N–H and O–H groups in total. The van der Waals surface area contributed by atoms with Crippen LogP contribution in [0.5, 0.6) is 0 Å². The molecule has 0 heterocycles. The average molecular weight is 302 g/mol. The summed E-state index contributed by atoms with van der Waals surface area (Å²) in [4.78, 5) is 35.4. The number of Topliss-reactive ketones (excluding diaryl/α,β-unsaturated/α-hetero) is 3. The lowest BCUT2D eigenvalue weighted by atomic mass is 10.0. The van der Waals surface area contributed by atoms with E-state index in [2.05, 4.69) is 0 Å². The minimum Gasteiger partial charge on any atom is -0.299 e. The van der Waals surface area contributed by atoms with Crippen molar-refractivity contribution in [2.24, 2.45) is 0 Å². The Hall–Kier alpha value is -2.69. The number of halogens is 2. The van der Waals surface area contributed by atoms with Gasteiger partial charge in [-0.3, -0.25) is 14.4 Å². The molecular formula is C17H12F2O3. The van der Waals surface area contributed by atoms with Gasteiger partial charge in [0.15, 0.2) is 11.6 Å². The molecule has 0 aliphatic carbocycles. The molecule has 2 aromatic rings. The van der Waals surface area contributed by atoms with Gasteiger partial charge < -0.3 is 0 Å². The van der Waals surface area contributed by atoms with Crippen LogP contribution in [-0.4, -0.2) is 17.3 Å². The second kappa shape index (κ2) is 6.85. The quantitative estimate of drug-likeness (QED) is 0.607. The highest BCUT2D eigenvalue weighted by Crippen LogP contribution is 2.10. The van der Waals surface area contributed by atoms with Gasteiger partial charge >= 0.3 is 0 Å². The van der Waals surface area contributed by atoms with Crippen LogP contribution in [0.15, 0.2) is 48.5 Å². The third-order valence-corrected chi connectivity index (χ3v) is 3.05. The van der Waals surface area contributed by atoms with E-state index < -0.39 is 41.8 Å². The van der Waals surface area contributed by atoms with Crippen LogP contribution in [0.2, 0.25) is 0 Å². The molecule has 0 amide bonds. The smallest absolute Gasteiger partial charge is 0.170 e. The summed E-state index contributed by atoms with van der Waals surface area (Å²) in [5.74, 6) is -2.44. The van der Waals surface area contributed by atoms with Crippen molar-refractivity contribution in [3.05, 3.63) is 71.3 Å². The third kappa shape index (κ3) is 4.15.